The van der Waals surface area contributed by atoms with E-state index in [2.05, 4.69) is 0 Å². The van der Waals surface area contributed by atoms with E-state index in [1.165, 1.54) is 18.2 Å². The predicted molar refractivity (Wildman–Crippen MR) is 62.2 cm³/mol. The second-order valence-electron chi connectivity index (χ2n) is 5.08. The van der Waals surface area contributed by atoms with Crippen LogP contribution < -0.4 is 5.73 Å². The molecule has 0 unspecified atom stereocenters. The van der Waals surface area contributed by atoms with Gasteiger partial charge in [0.2, 0.25) is 0 Å². The normalized spacial score (nSPS) is 15.8. The molecular weight excluding hydrogens is 206 g/mol. The third-order valence-electron chi connectivity index (χ3n) is 2.60. The van der Waals surface area contributed by atoms with Crippen LogP contribution in [-0.2, 0) is 0 Å². The lowest BCUT2D eigenvalue weighted by molar-refractivity contribution is 0.0394. The Kier molecular flexibility index (Phi) is 3.45. The lowest BCUT2D eigenvalue weighted by atomic mass is 9.82. The van der Waals surface area contributed by atoms with Gasteiger partial charge in [-0.05, 0) is 23.6 Å². The number of hydrogen-bond donors (Lipinski definition) is 4. The molecule has 1 rings (SSSR count). The van der Waals surface area contributed by atoms with Crippen LogP contribution in [0.3, 0.4) is 0 Å². The molecule has 1 aromatic rings. The summed E-state index contributed by atoms with van der Waals surface area (Å²) in [5.74, 6) is -0.00189. The van der Waals surface area contributed by atoms with Gasteiger partial charge in [0.15, 0.2) is 0 Å². The van der Waals surface area contributed by atoms with Crippen LogP contribution in [0.15, 0.2) is 18.2 Å². The van der Waals surface area contributed by atoms with Crippen LogP contribution in [0.1, 0.15) is 32.4 Å². The number of nitrogens with two attached hydrogens (primary N) is 1. The maximum absolute atomic E-state index is 10.0. The Balaban J connectivity index is 3.05. The third-order valence-corrected chi connectivity index (χ3v) is 2.60. The Hall–Kier alpha value is -1.26. The molecular formula is C12H19NO3. The van der Waals surface area contributed by atoms with Crippen molar-refractivity contribution in [1.82, 2.24) is 0 Å². The van der Waals surface area contributed by atoms with E-state index in [-0.39, 0.29) is 11.5 Å². The standard InChI is InChI=1S/C12H19NO3/c1-12(2,3)11(16)10(13)8-6-7(14)4-5-9(8)15/h4-6,10-11,14-16H,13H2,1-3H3/t10-,11-/m0/s1. The molecule has 2 atom stereocenters. The summed E-state index contributed by atoms with van der Waals surface area (Å²) in [4.78, 5) is 0. The first-order chi connectivity index (χ1) is 7.23. The quantitative estimate of drug-likeness (QED) is 0.574. The average molecular weight is 225 g/mol. The van der Waals surface area contributed by atoms with Crippen LogP contribution in [0, 0.1) is 5.41 Å². The summed E-state index contributed by atoms with van der Waals surface area (Å²) in [6, 6.07) is 3.37. The summed E-state index contributed by atoms with van der Waals surface area (Å²) in [7, 11) is 0. The number of aliphatic hydroxyl groups is 1. The molecule has 4 nitrogen and oxygen atoms in total. The maximum atomic E-state index is 10.0. The molecule has 0 heterocycles. The number of phenols is 2. The van der Waals surface area contributed by atoms with Crippen molar-refractivity contribution in [2.75, 3.05) is 0 Å². The largest absolute Gasteiger partial charge is 0.508 e. The minimum atomic E-state index is -0.805. The maximum Gasteiger partial charge on any atom is 0.120 e. The summed E-state index contributed by atoms with van der Waals surface area (Å²) in [5.41, 5.74) is 5.83. The van der Waals surface area contributed by atoms with Crippen molar-refractivity contribution in [3.8, 4) is 11.5 Å². The van der Waals surface area contributed by atoms with Gasteiger partial charge in [0.1, 0.15) is 11.5 Å². The Labute approximate surface area is 95.3 Å². The molecule has 0 radical (unpaired) electrons. The zero-order valence-electron chi connectivity index (χ0n) is 9.81. The van der Waals surface area contributed by atoms with E-state index in [1.54, 1.807) is 0 Å². The van der Waals surface area contributed by atoms with Gasteiger partial charge in [-0.3, -0.25) is 0 Å². The number of phenolic OH excluding ortho intramolecular Hbond substituents is 2. The first-order valence-corrected chi connectivity index (χ1v) is 5.19. The van der Waals surface area contributed by atoms with Crippen molar-refractivity contribution in [3.05, 3.63) is 23.8 Å². The summed E-state index contributed by atoms with van der Waals surface area (Å²) in [5, 5.41) is 28.9. The van der Waals surface area contributed by atoms with Gasteiger partial charge in [-0.1, -0.05) is 20.8 Å². The minimum Gasteiger partial charge on any atom is -0.508 e. The molecule has 0 fully saturated rings. The predicted octanol–water partition coefficient (Wildman–Crippen LogP) is 1.50. The van der Waals surface area contributed by atoms with Gasteiger partial charge in [0, 0.05) is 5.56 Å². The number of benzene rings is 1. The fourth-order valence-electron chi connectivity index (χ4n) is 1.52. The van der Waals surface area contributed by atoms with Gasteiger partial charge in [-0.2, -0.15) is 0 Å². The van der Waals surface area contributed by atoms with Crippen molar-refractivity contribution in [3.63, 3.8) is 0 Å². The van der Waals surface area contributed by atoms with E-state index >= 15 is 0 Å². The van der Waals surface area contributed by atoms with Crippen LogP contribution in [0.4, 0.5) is 0 Å². The van der Waals surface area contributed by atoms with E-state index in [9.17, 15) is 15.3 Å². The summed E-state index contributed by atoms with van der Waals surface area (Å²) in [6.07, 6.45) is -0.805. The highest BCUT2D eigenvalue weighted by molar-refractivity contribution is 5.41. The molecule has 4 heteroatoms. The van der Waals surface area contributed by atoms with Crippen molar-refractivity contribution in [1.29, 1.82) is 0 Å². The van der Waals surface area contributed by atoms with Crippen molar-refractivity contribution < 1.29 is 15.3 Å². The second kappa shape index (κ2) is 4.31. The Morgan fingerprint density at radius 3 is 2.25 bits per heavy atom. The Bertz CT molecular complexity index is 371. The summed E-state index contributed by atoms with van der Waals surface area (Å²) < 4.78 is 0. The zero-order valence-corrected chi connectivity index (χ0v) is 9.81. The van der Waals surface area contributed by atoms with E-state index in [1.807, 2.05) is 20.8 Å². The number of rotatable bonds is 2. The smallest absolute Gasteiger partial charge is 0.120 e. The van der Waals surface area contributed by atoms with E-state index < -0.39 is 17.6 Å². The number of hydrogen-bond acceptors (Lipinski definition) is 4. The van der Waals surface area contributed by atoms with Gasteiger partial charge in [-0.25, -0.2) is 0 Å². The Morgan fingerprint density at radius 1 is 1.19 bits per heavy atom. The fraction of sp³-hybridized carbons (Fsp3) is 0.500. The van der Waals surface area contributed by atoms with Crippen LogP contribution in [0.2, 0.25) is 0 Å². The molecule has 0 spiro atoms. The van der Waals surface area contributed by atoms with Gasteiger partial charge in [-0.15, -0.1) is 0 Å². The number of aliphatic hydroxyl groups excluding tert-OH is 1. The fourth-order valence-corrected chi connectivity index (χ4v) is 1.52. The van der Waals surface area contributed by atoms with E-state index in [0.29, 0.717) is 5.56 Å². The Morgan fingerprint density at radius 2 is 1.75 bits per heavy atom. The summed E-state index contributed by atoms with van der Waals surface area (Å²) >= 11 is 0. The lowest BCUT2D eigenvalue weighted by Gasteiger charge is -2.31. The SMILES string of the molecule is CC(C)(C)[C@@H](O)[C@@H](N)c1cc(O)ccc1O. The molecule has 90 valence electrons. The minimum absolute atomic E-state index is 0.0179. The van der Waals surface area contributed by atoms with Crippen molar-refractivity contribution in [2.45, 2.75) is 32.9 Å². The third kappa shape index (κ3) is 2.65. The number of aromatic hydroxyl groups is 2. The highest BCUT2D eigenvalue weighted by atomic mass is 16.3. The van der Waals surface area contributed by atoms with Crippen LogP contribution in [0.5, 0.6) is 11.5 Å². The van der Waals surface area contributed by atoms with E-state index in [4.69, 9.17) is 5.73 Å². The first kappa shape index (κ1) is 12.8. The summed E-state index contributed by atoms with van der Waals surface area (Å²) in [6.45, 7) is 5.58. The van der Waals surface area contributed by atoms with Gasteiger partial charge < -0.3 is 21.1 Å². The highest BCUT2D eigenvalue weighted by Crippen LogP contribution is 2.34. The molecule has 1 aromatic carbocycles. The van der Waals surface area contributed by atoms with Gasteiger partial charge in [0.25, 0.3) is 0 Å². The van der Waals surface area contributed by atoms with Crippen LogP contribution in [-0.4, -0.2) is 21.4 Å². The highest BCUT2D eigenvalue weighted by Gasteiger charge is 2.30. The van der Waals surface area contributed by atoms with Gasteiger partial charge >= 0.3 is 0 Å². The van der Waals surface area contributed by atoms with Gasteiger partial charge in [0.05, 0.1) is 12.1 Å². The topological polar surface area (TPSA) is 86.7 Å². The molecule has 0 aromatic heterocycles. The molecule has 0 amide bonds. The molecule has 16 heavy (non-hydrogen) atoms. The van der Waals surface area contributed by atoms with Crippen molar-refractivity contribution >= 4 is 0 Å². The first-order valence-electron chi connectivity index (χ1n) is 5.19. The molecule has 0 saturated heterocycles. The molecule has 0 aliphatic carbocycles. The molecule has 0 saturated carbocycles. The van der Waals surface area contributed by atoms with E-state index in [0.717, 1.165) is 0 Å². The van der Waals surface area contributed by atoms with Crippen LogP contribution in [0.25, 0.3) is 0 Å². The second-order valence-corrected chi connectivity index (χ2v) is 5.08. The molecule has 0 aliphatic heterocycles. The lowest BCUT2D eigenvalue weighted by Crippen LogP contribution is -2.36. The molecule has 5 N–H and O–H groups in total. The average Bonchev–Trinajstić information content (AvgIpc) is 2.18. The molecule has 0 aliphatic rings. The zero-order chi connectivity index (χ0) is 12.5. The van der Waals surface area contributed by atoms with Crippen LogP contribution >= 0.6 is 0 Å². The monoisotopic (exact) mass is 225 g/mol. The molecule has 0 bridgehead atoms. The van der Waals surface area contributed by atoms with Crippen molar-refractivity contribution in [2.24, 2.45) is 11.1 Å².